The van der Waals surface area contributed by atoms with Crippen LogP contribution in [0.2, 0.25) is 0 Å². The summed E-state index contributed by atoms with van der Waals surface area (Å²) in [6.45, 7) is 1.30. The lowest BCUT2D eigenvalue weighted by Crippen LogP contribution is -2.25. The average molecular weight is 251 g/mol. The van der Waals surface area contributed by atoms with Crippen LogP contribution >= 0.6 is 0 Å². The fourth-order valence-corrected chi connectivity index (χ4v) is 1.52. The maximum Gasteiger partial charge on any atom is 0.245 e. The number of hydrogen-bond acceptors (Lipinski definition) is 3. The SMILES string of the molecule is CON(C)C(=O)CCCOCCc1ccccc1. The number of hydrogen-bond donors (Lipinski definition) is 0. The molecule has 0 spiro atoms. The maximum absolute atomic E-state index is 11.4. The second-order valence-corrected chi connectivity index (χ2v) is 4.03. The Labute approximate surface area is 108 Å². The van der Waals surface area contributed by atoms with Gasteiger partial charge in [0.2, 0.25) is 5.91 Å². The molecule has 0 fully saturated rings. The molecule has 0 unspecified atom stereocenters. The molecule has 1 aromatic carbocycles. The molecule has 0 bridgehead atoms. The zero-order valence-electron chi connectivity index (χ0n) is 11.1. The van der Waals surface area contributed by atoms with Crippen LogP contribution in [0.25, 0.3) is 0 Å². The molecule has 1 aromatic rings. The molecular weight excluding hydrogens is 230 g/mol. The van der Waals surface area contributed by atoms with E-state index in [0.29, 0.717) is 19.6 Å². The summed E-state index contributed by atoms with van der Waals surface area (Å²) in [6.07, 6.45) is 2.09. The highest BCUT2D eigenvalue weighted by Crippen LogP contribution is 2.01. The lowest BCUT2D eigenvalue weighted by Gasteiger charge is -2.13. The first-order chi connectivity index (χ1) is 8.74. The van der Waals surface area contributed by atoms with E-state index < -0.39 is 0 Å². The molecule has 1 amide bonds. The number of benzene rings is 1. The van der Waals surface area contributed by atoms with Crippen molar-refractivity contribution in [3.8, 4) is 0 Å². The van der Waals surface area contributed by atoms with E-state index in [4.69, 9.17) is 9.57 Å². The van der Waals surface area contributed by atoms with Gasteiger partial charge in [-0.25, -0.2) is 5.06 Å². The van der Waals surface area contributed by atoms with Gasteiger partial charge < -0.3 is 4.74 Å². The third-order valence-corrected chi connectivity index (χ3v) is 2.68. The van der Waals surface area contributed by atoms with Crippen molar-refractivity contribution >= 4 is 5.91 Å². The monoisotopic (exact) mass is 251 g/mol. The predicted octanol–water partition coefficient (Wildman–Crippen LogP) is 2.05. The molecule has 0 aliphatic heterocycles. The predicted molar refractivity (Wildman–Crippen MR) is 70.0 cm³/mol. The van der Waals surface area contributed by atoms with Gasteiger partial charge in [0.15, 0.2) is 0 Å². The second kappa shape index (κ2) is 8.66. The Balaban J connectivity index is 2.01. The normalized spacial score (nSPS) is 10.3. The van der Waals surface area contributed by atoms with Gasteiger partial charge in [-0.1, -0.05) is 30.3 Å². The number of hydroxylamine groups is 2. The largest absolute Gasteiger partial charge is 0.381 e. The molecule has 0 aliphatic rings. The summed E-state index contributed by atoms with van der Waals surface area (Å²) in [5.41, 5.74) is 1.27. The summed E-state index contributed by atoms with van der Waals surface area (Å²) in [5, 5.41) is 1.24. The Morgan fingerprint density at radius 2 is 1.94 bits per heavy atom. The summed E-state index contributed by atoms with van der Waals surface area (Å²) < 4.78 is 5.49. The quantitative estimate of drug-likeness (QED) is 0.524. The van der Waals surface area contributed by atoms with E-state index in [2.05, 4.69) is 12.1 Å². The van der Waals surface area contributed by atoms with Gasteiger partial charge in [-0.3, -0.25) is 9.63 Å². The summed E-state index contributed by atoms with van der Waals surface area (Å²) in [5.74, 6) is -0.0239. The lowest BCUT2D eigenvalue weighted by atomic mass is 10.2. The highest BCUT2D eigenvalue weighted by Gasteiger charge is 2.06. The zero-order chi connectivity index (χ0) is 13.2. The van der Waals surface area contributed by atoms with Crippen LogP contribution in [-0.4, -0.2) is 38.3 Å². The van der Waals surface area contributed by atoms with Crippen LogP contribution in [-0.2, 0) is 20.8 Å². The molecule has 4 nitrogen and oxygen atoms in total. The number of ether oxygens (including phenoxy) is 1. The Morgan fingerprint density at radius 3 is 2.61 bits per heavy atom. The van der Waals surface area contributed by atoms with Crippen LogP contribution in [0.3, 0.4) is 0 Å². The second-order valence-electron chi connectivity index (χ2n) is 4.03. The lowest BCUT2D eigenvalue weighted by molar-refractivity contribution is -0.168. The molecule has 0 saturated carbocycles. The van der Waals surface area contributed by atoms with Crippen LogP contribution < -0.4 is 0 Å². The molecule has 1 rings (SSSR count). The van der Waals surface area contributed by atoms with Crippen molar-refractivity contribution in [3.63, 3.8) is 0 Å². The number of amides is 1. The van der Waals surface area contributed by atoms with Crippen LogP contribution in [0.5, 0.6) is 0 Å². The van der Waals surface area contributed by atoms with E-state index in [0.717, 1.165) is 12.8 Å². The first kappa shape index (κ1) is 14.7. The van der Waals surface area contributed by atoms with E-state index in [1.54, 1.807) is 7.05 Å². The summed E-state index contributed by atoms with van der Waals surface area (Å²) in [4.78, 5) is 16.2. The number of nitrogens with zero attached hydrogens (tertiary/aromatic N) is 1. The number of rotatable bonds is 8. The molecule has 0 heterocycles. The van der Waals surface area contributed by atoms with E-state index in [9.17, 15) is 4.79 Å². The molecule has 0 N–H and O–H groups in total. The molecule has 0 saturated heterocycles. The highest BCUT2D eigenvalue weighted by atomic mass is 16.7. The Bertz CT molecular complexity index is 340. The molecule has 18 heavy (non-hydrogen) atoms. The van der Waals surface area contributed by atoms with Crippen molar-refractivity contribution in [2.45, 2.75) is 19.3 Å². The van der Waals surface area contributed by atoms with Crippen LogP contribution in [0.4, 0.5) is 0 Å². The topological polar surface area (TPSA) is 38.8 Å². The van der Waals surface area contributed by atoms with Crippen molar-refractivity contribution in [2.24, 2.45) is 0 Å². The molecule has 0 aliphatic carbocycles. The minimum atomic E-state index is -0.0239. The first-order valence-corrected chi connectivity index (χ1v) is 6.16. The molecule has 4 heteroatoms. The van der Waals surface area contributed by atoms with Crippen molar-refractivity contribution in [3.05, 3.63) is 35.9 Å². The minimum Gasteiger partial charge on any atom is -0.381 e. The molecule has 0 aromatic heterocycles. The van der Waals surface area contributed by atoms with Gasteiger partial charge in [0.05, 0.1) is 13.7 Å². The van der Waals surface area contributed by atoms with Crippen molar-refractivity contribution in [1.29, 1.82) is 0 Å². The summed E-state index contributed by atoms with van der Waals surface area (Å²) >= 11 is 0. The smallest absolute Gasteiger partial charge is 0.245 e. The highest BCUT2D eigenvalue weighted by molar-refractivity contribution is 5.74. The average Bonchev–Trinajstić information content (AvgIpc) is 2.42. The van der Waals surface area contributed by atoms with Crippen molar-refractivity contribution in [2.75, 3.05) is 27.4 Å². The number of carbonyl (C=O) groups is 1. The summed E-state index contributed by atoms with van der Waals surface area (Å²) in [7, 11) is 3.09. The Kier molecular flexibility index (Phi) is 7.06. The standard InChI is InChI=1S/C14H21NO3/c1-15(17-2)14(16)9-6-11-18-12-10-13-7-4-3-5-8-13/h3-5,7-8H,6,9-12H2,1-2H3. The van der Waals surface area contributed by atoms with E-state index in [1.807, 2.05) is 18.2 Å². The van der Waals surface area contributed by atoms with Gasteiger partial charge in [0.25, 0.3) is 0 Å². The maximum atomic E-state index is 11.4. The van der Waals surface area contributed by atoms with Gasteiger partial charge in [-0.05, 0) is 18.4 Å². The molecule has 0 atom stereocenters. The van der Waals surface area contributed by atoms with Crippen LogP contribution in [0.1, 0.15) is 18.4 Å². The molecule has 100 valence electrons. The van der Waals surface area contributed by atoms with Crippen LogP contribution in [0.15, 0.2) is 30.3 Å². The van der Waals surface area contributed by atoms with Gasteiger partial charge >= 0.3 is 0 Å². The molecular formula is C14H21NO3. The number of carbonyl (C=O) groups excluding carboxylic acids is 1. The van der Waals surface area contributed by atoms with E-state index >= 15 is 0 Å². The van der Waals surface area contributed by atoms with Gasteiger partial charge in [-0.2, -0.15) is 0 Å². The van der Waals surface area contributed by atoms with E-state index in [-0.39, 0.29) is 5.91 Å². The fourth-order valence-electron chi connectivity index (χ4n) is 1.52. The Hall–Kier alpha value is -1.39. The van der Waals surface area contributed by atoms with E-state index in [1.165, 1.54) is 17.7 Å². The Morgan fingerprint density at radius 1 is 1.22 bits per heavy atom. The minimum absolute atomic E-state index is 0.0239. The van der Waals surface area contributed by atoms with Crippen LogP contribution in [0, 0.1) is 0 Å². The van der Waals surface area contributed by atoms with Gasteiger partial charge in [0.1, 0.15) is 0 Å². The fraction of sp³-hybridized carbons (Fsp3) is 0.500. The zero-order valence-corrected chi connectivity index (χ0v) is 11.1. The van der Waals surface area contributed by atoms with Crippen molar-refractivity contribution < 1.29 is 14.4 Å². The third-order valence-electron chi connectivity index (χ3n) is 2.68. The van der Waals surface area contributed by atoms with Gasteiger partial charge in [0, 0.05) is 20.1 Å². The first-order valence-electron chi connectivity index (χ1n) is 6.16. The molecule has 0 radical (unpaired) electrons. The van der Waals surface area contributed by atoms with Gasteiger partial charge in [-0.15, -0.1) is 0 Å². The third kappa shape index (κ3) is 5.80. The van der Waals surface area contributed by atoms with Crippen molar-refractivity contribution in [1.82, 2.24) is 5.06 Å². The summed E-state index contributed by atoms with van der Waals surface area (Å²) in [6, 6.07) is 10.2.